The van der Waals surface area contributed by atoms with Gasteiger partial charge in [-0.1, -0.05) is 127 Å². The molecule has 0 aliphatic carbocycles. The zero-order valence-corrected chi connectivity index (χ0v) is 27.2. The predicted molar refractivity (Wildman–Crippen MR) is 207 cm³/mol. The highest BCUT2D eigenvalue weighted by atomic mass is 32.1. The standard InChI is InChI=1S/C45H27N3OS/c1-4-13-28(14-5-1)32-25-36(29-15-6-2-7-16-29)42-37(26-32)41-35(20-12-22-40(41)50-42)45-47-43(30-17-8-3-9-18-30)46-44(48-45)31-23-24-34-33-19-10-11-21-38(33)49-39(34)27-31/h1-27H/i2D,6D,7D,15D,16D. The van der Waals surface area contributed by atoms with Gasteiger partial charge in [-0.25, -0.2) is 15.0 Å². The molecule has 0 amide bonds. The van der Waals surface area contributed by atoms with E-state index in [0.29, 0.717) is 23.0 Å². The largest absolute Gasteiger partial charge is 0.456 e. The second-order valence-corrected chi connectivity index (χ2v) is 13.1. The van der Waals surface area contributed by atoms with Crippen molar-refractivity contribution in [2.24, 2.45) is 0 Å². The summed E-state index contributed by atoms with van der Waals surface area (Å²) in [6.45, 7) is 0. The van der Waals surface area contributed by atoms with E-state index in [1.54, 1.807) is 0 Å². The van der Waals surface area contributed by atoms with Crippen molar-refractivity contribution in [2.45, 2.75) is 0 Å². The fraction of sp³-hybridized carbons (Fsp3) is 0. The van der Waals surface area contributed by atoms with E-state index in [-0.39, 0.29) is 29.7 Å². The molecule has 0 spiro atoms. The minimum Gasteiger partial charge on any atom is -0.456 e. The summed E-state index contributed by atoms with van der Waals surface area (Å²) in [5.74, 6) is 1.49. The van der Waals surface area contributed by atoms with Crippen LogP contribution in [0.2, 0.25) is 0 Å². The summed E-state index contributed by atoms with van der Waals surface area (Å²) in [6, 6.07) is 42.1. The minimum absolute atomic E-state index is 0.164. The molecule has 0 saturated heterocycles. The van der Waals surface area contributed by atoms with Crippen LogP contribution in [0.1, 0.15) is 6.85 Å². The van der Waals surface area contributed by atoms with Gasteiger partial charge in [0.2, 0.25) is 0 Å². The van der Waals surface area contributed by atoms with E-state index in [1.807, 2.05) is 127 Å². The predicted octanol–water partition coefficient (Wildman–Crippen LogP) is 12.5. The molecule has 3 aromatic heterocycles. The van der Waals surface area contributed by atoms with Crippen molar-refractivity contribution in [1.82, 2.24) is 15.0 Å². The van der Waals surface area contributed by atoms with Crippen LogP contribution in [0.25, 0.3) is 98.5 Å². The van der Waals surface area contributed by atoms with Crippen molar-refractivity contribution in [3.05, 3.63) is 164 Å². The highest BCUT2D eigenvalue weighted by Crippen LogP contribution is 2.46. The van der Waals surface area contributed by atoms with Crippen LogP contribution in [0.4, 0.5) is 0 Å². The summed E-state index contributed by atoms with van der Waals surface area (Å²) in [6.07, 6.45) is 0. The lowest BCUT2D eigenvalue weighted by Crippen LogP contribution is -2.00. The Morgan fingerprint density at radius 1 is 0.460 bits per heavy atom. The number of rotatable bonds is 5. The summed E-state index contributed by atoms with van der Waals surface area (Å²) in [5, 5.41) is 3.82. The van der Waals surface area contributed by atoms with Gasteiger partial charge < -0.3 is 4.42 Å². The zero-order valence-electron chi connectivity index (χ0n) is 31.4. The van der Waals surface area contributed by atoms with Crippen LogP contribution in [0.5, 0.6) is 0 Å². The number of fused-ring (bicyclic) bond motifs is 6. The molecule has 0 aliphatic heterocycles. The van der Waals surface area contributed by atoms with Crippen LogP contribution in [0, 0.1) is 0 Å². The Morgan fingerprint density at radius 3 is 1.98 bits per heavy atom. The molecule has 0 atom stereocenters. The molecule has 7 aromatic carbocycles. The molecular weight excluding hydrogens is 631 g/mol. The van der Waals surface area contributed by atoms with E-state index in [2.05, 4.69) is 6.07 Å². The molecule has 0 aliphatic rings. The molecule has 0 bridgehead atoms. The SMILES string of the molecule is [2H]c1c([2H])c([2H])c(-c2cc(-c3ccccc3)cc3c2sc2cccc(-c4nc(-c5ccccc5)nc(-c5ccc6c(c5)oc5ccccc56)n4)c23)c([2H])c1[2H]. The van der Waals surface area contributed by atoms with Gasteiger partial charge in [-0.2, -0.15) is 0 Å². The zero-order chi connectivity index (χ0) is 37.4. The molecule has 0 unspecified atom stereocenters. The average molecular weight is 663 g/mol. The molecule has 0 fully saturated rings. The van der Waals surface area contributed by atoms with Gasteiger partial charge in [0.1, 0.15) is 11.2 Å². The summed E-state index contributed by atoms with van der Waals surface area (Å²) in [7, 11) is 0. The van der Waals surface area contributed by atoms with Gasteiger partial charge in [0, 0.05) is 53.2 Å². The van der Waals surface area contributed by atoms with Crippen molar-refractivity contribution in [3.63, 3.8) is 0 Å². The highest BCUT2D eigenvalue weighted by molar-refractivity contribution is 7.26. The van der Waals surface area contributed by atoms with Crippen LogP contribution in [0.15, 0.2) is 168 Å². The maximum Gasteiger partial charge on any atom is 0.164 e. The molecule has 234 valence electrons. The van der Waals surface area contributed by atoms with Crippen molar-refractivity contribution >= 4 is 53.4 Å². The second-order valence-electron chi connectivity index (χ2n) is 12.0. The van der Waals surface area contributed by atoms with E-state index in [9.17, 15) is 0 Å². The Bertz CT molecular complexity index is 3130. The molecule has 10 rings (SSSR count). The Hall–Kier alpha value is -6.43. The van der Waals surface area contributed by atoms with E-state index in [0.717, 1.165) is 69.9 Å². The number of furan rings is 1. The van der Waals surface area contributed by atoms with Crippen molar-refractivity contribution in [1.29, 1.82) is 0 Å². The first kappa shape index (κ1) is 23.8. The molecule has 5 heteroatoms. The fourth-order valence-corrected chi connectivity index (χ4v) is 7.92. The molecule has 0 saturated carbocycles. The Morgan fingerprint density at radius 2 is 1.16 bits per heavy atom. The van der Waals surface area contributed by atoms with Crippen LogP contribution < -0.4 is 0 Å². The van der Waals surface area contributed by atoms with Gasteiger partial charge in [-0.3, -0.25) is 0 Å². The van der Waals surface area contributed by atoms with E-state index < -0.39 is 6.04 Å². The summed E-state index contributed by atoms with van der Waals surface area (Å²) >= 11 is 1.51. The lowest BCUT2D eigenvalue weighted by molar-refractivity contribution is 0.669. The van der Waals surface area contributed by atoms with Crippen molar-refractivity contribution < 1.29 is 11.3 Å². The van der Waals surface area contributed by atoms with Gasteiger partial charge in [-0.05, 0) is 53.1 Å². The number of aromatic nitrogens is 3. The first-order valence-corrected chi connectivity index (χ1v) is 17.0. The minimum atomic E-state index is -0.424. The van der Waals surface area contributed by atoms with E-state index >= 15 is 0 Å². The van der Waals surface area contributed by atoms with Gasteiger partial charge in [0.25, 0.3) is 0 Å². The third kappa shape index (κ3) is 4.79. The first-order chi connectivity index (χ1) is 26.8. The third-order valence-corrected chi connectivity index (χ3v) is 10.2. The van der Waals surface area contributed by atoms with E-state index in [1.165, 1.54) is 11.3 Å². The molecule has 4 nitrogen and oxygen atoms in total. The molecular formula is C45H27N3OS. The first-order valence-electron chi connectivity index (χ1n) is 18.7. The van der Waals surface area contributed by atoms with Gasteiger partial charge in [-0.15, -0.1) is 11.3 Å². The Balaban J connectivity index is 1.26. The van der Waals surface area contributed by atoms with E-state index in [4.69, 9.17) is 26.2 Å². The molecule has 0 radical (unpaired) electrons. The maximum absolute atomic E-state index is 8.93. The molecule has 10 aromatic rings. The van der Waals surface area contributed by atoms with Crippen LogP contribution in [-0.4, -0.2) is 15.0 Å². The van der Waals surface area contributed by atoms with Crippen LogP contribution in [0.3, 0.4) is 0 Å². The summed E-state index contributed by atoms with van der Waals surface area (Å²) < 4.78 is 51.1. The maximum atomic E-state index is 8.93. The lowest BCUT2D eigenvalue weighted by Gasteiger charge is -2.11. The Labute approximate surface area is 299 Å². The topological polar surface area (TPSA) is 51.8 Å². The average Bonchev–Trinajstić information content (AvgIpc) is 3.81. The lowest BCUT2D eigenvalue weighted by atomic mass is 9.95. The monoisotopic (exact) mass is 662 g/mol. The number of hydrogen-bond acceptors (Lipinski definition) is 5. The van der Waals surface area contributed by atoms with Crippen LogP contribution in [-0.2, 0) is 0 Å². The third-order valence-electron chi connectivity index (χ3n) is 9.02. The molecule has 50 heavy (non-hydrogen) atoms. The second kappa shape index (κ2) is 11.6. The highest BCUT2D eigenvalue weighted by Gasteiger charge is 2.20. The summed E-state index contributed by atoms with van der Waals surface area (Å²) in [4.78, 5) is 15.2. The van der Waals surface area contributed by atoms with Gasteiger partial charge in [0.15, 0.2) is 17.5 Å². The normalized spacial score (nSPS) is 13.0. The molecule has 0 N–H and O–H groups in total. The number of para-hydroxylation sites is 1. The Kier molecular flexibility index (Phi) is 5.54. The fourth-order valence-electron chi connectivity index (χ4n) is 6.69. The van der Waals surface area contributed by atoms with Crippen LogP contribution >= 0.6 is 11.3 Å². The smallest absolute Gasteiger partial charge is 0.164 e. The number of thiophene rings is 1. The molecule has 3 heterocycles. The van der Waals surface area contributed by atoms with Crippen molar-refractivity contribution in [2.75, 3.05) is 0 Å². The number of benzene rings is 7. The van der Waals surface area contributed by atoms with Gasteiger partial charge >= 0.3 is 0 Å². The van der Waals surface area contributed by atoms with Gasteiger partial charge in [0.05, 0.1) is 6.85 Å². The summed E-state index contributed by atoms with van der Waals surface area (Å²) in [5.41, 5.74) is 6.48. The van der Waals surface area contributed by atoms with Crippen molar-refractivity contribution in [3.8, 4) is 56.4 Å². The number of hydrogen-bond donors (Lipinski definition) is 0. The quantitative estimate of drug-likeness (QED) is 0.184. The number of nitrogens with zero attached hydrogens (tertiary/aromatic N) is 3.